The van der Waals surface area contributed by atoms with Gasteiger partial charge in [-0.05, 0) is 31.7 Å². The maximum absolute atomic E-state index is 12.6. The second-order valence-electron chi connectivity index (χ2n) is 6.90. The van der Waals surface area contributed by atoms with Crippen LogP contribution in [0.5, 0.6) is 0 Å². The van der Waals surface area contributed by atoms with Crippen LogP contribution in [0.3, 0.4) is 0 Å². The summed E-state index contributed by atoms with van der Waals surface area (Å²) in [4.78, 5) is 29.3. The van der Waals surface area contributed by atoms with Gasteiger partial charge in [-0.3, -0.25) is 9.59 Å². The Morgan fingerprint density at radius 1 is 1.20 bits per heavy atom. The number of halogens is 1. The molecular formula is C19H19ClN2O2S. The predicted octanol–water partition coefficient (Wildman–Crippen LogP) is 4.80. The van der Waals surface area contributed by atoms with Crippen molar-refractivity contribution in [2.24, 2.45) is 17.8 Å². The number of carbonyl (C=O) groups excluding carboxylic acids is 2. The second-order valence-corrected chi connectivity index (χ2v) is 8.17. The van der Waals surface area contributed by atoms with Crippen LogP contribution in [0.2, 0.25) is 5.02 Å². The molecule has 4 nitrogen and oxygen atoms in total. The molecule has 6 heteroatoms. The number of nitrogens with zero attached hydrogens (tertiary/aromatic N) is 1. The number of hydrogen-bond donors (Lipinski definition) is 1. The molecule has 2 fully saturated rings. The first kappa shape index (κ1) is 16.7. The molecule has 1 aromatic heterocycles. The fourth-order valence-corrected chi connectivity index (χ4v) is 4.97. The molecule has 1 heterocycles. The van der Waals surface area contributed by atoms with Crippen LogP contribution in [0.15, 0.2) is 29.6 Å². The smallest absolute Gasteiger partial charge is 0.229 e. The molecule has 1 aromatic carbocycles. The Bertz CT molecular complexity index is 803. The molecular weight excluding hydrogens is 356 g/mol. The van der Waals surface area contributed by atoms with Gasteiger partial charge in [0.2, 0.25) is 5.91 Å². The molecule has 2 atom stereocenters. The van der Waals surface area contributed by atoms with Gasteiger partial charge in [0.15, 0.2) is 5.13 Å². The van der Waals surface area contributed by atoms with E-state index in [0.29, 0.717) is 28.8 Å². The van der Waals surface area contributed by atoms with Gasteiger partial charge in [-0.2, -0.15) is 0 Å². The van der Waals surface area contributed by atoms with Crippen molar-refractivity contribution >= 4 is 39.8 Å². The zero-order chi connectivity index (χ0) is 17.4. The number of ketones is 1. The van der Waals surface area contributed by atoms with Crippen molar-refractivity contribution in [3.63, 3.8) is 0 Å². The molecule has 2 unspecified atom stereocenters. The Morgan fingerprint density at radius 2 is 1.92 bits per heavy atom. The van der Waals surface area contributed by atoms with E-state index in [1.54, 1.807) is 0 Å². The summed E-state index contributed by atoms with van der Waals surface area (Å²) in [7, 11) is 0. The quantitative estimate of drug-likeness (QED) is 0.839. The average molecular weight is 375 g/mol. The van der Waals surface area contributed by atoms with E-state index in [-0.39, 0.29) is 23.7 Å². The molecule has 0 spiro atoms. The summed E-state index contributed by atoms with van der Waals surface area (Å²) in [6.45, 7) is 0. The van der Waals surface area contributed by atoms with Gasteiger partial charge in [0.05, 0.1) is 5.69 Å². The van der Waals surface area contributed by atoms with Crippen LogP contribution in [-0.4, -0.2) is 16.7 Å². The molecule has 2 aliphatic rings. The first-order chi connectivity index (χ1) is 12.1. The van der Waals surface area contributed by atoms with Crippen LogP contribution in [0.1, 0.15) is 32.1 Å². The highest BCUT2D eigenvalue weighted by atomic mass is 35.5. The van der Waals surface area contributed by atoms with Crippen molar-refractivity contribution in [3.05, 3.63) is 34.7 Å². The average Bonchev–Trinajstić information content (AvgIpc) is 3.03. The number of amides is 1. The summed E-state index contributed by atoms with van der Waals surface area (Å²) < 4.78 is 0. The molecule has 0 aliphatic heterocycles. The van der Waals surface area contributed by atoms with E-state index in [0.717, 1.165) is 30.5 Å². The van der Waals surface area contributed by atoms with Crippen molar-refractivity contribution in [1.82, 2.24) is 4.98 Å². The lowest BCUT2D eigenvalue weighted by molar-refractivity contribution is -0.136. The zero-order valence-corrected chi connectivity index (χ0v) is 15.3. The number of Topliss-reactive ketones (excluding diaryl/α,β-unsaturated/α-hetero) is 1. The van der Waals surface area contributed by atoms with Crippen LogP contribution in [0.4, 0.5) is 5.13 Å². The van der Waals surface area contributed by atoms with Crippen molar-refractivity contribution in [1.29, 1.82) is 0 Å². The number of thiazole rings is 1. The molecule has 2 aromatic rings. The lowest BCUT2D eigenvalue weighted by Gasteiger charge is -2.36. The SMILES string of the molecule is O=C(Nc1nc(-c2ccccc2Cl)cs1)C1CC2CCCC(C1)C2=O. The summed E-state index contributed by atoms with van der Waals surface area (Å²) in [5, 5.41) is 6.07. The summed E-state index contributed by atoms with van der Waals surface area (Å²) in [5.41, 5.74) is 1.63. The van der Waals surface area contributed by atoms with Crippen molar-refractivity contribution in [2.75, 3.05) is 5.32 Å². The van der Waals surface area contributed by atoms with Crippen LogP contribution in [-0.2, 0) is 9.59 Å². The zero-order valence-electron chi connectivity index (χ0n) is 13.7. The molecule has 4 rings (SSSR count). The van der Waals surface area contributed by atoms with E-state index in [1.165, 1.54) is 11.3 Å². The monoisotopic (exact) mass is 374 g/mol. The van der Waals surface area contributed by atoms with Gasteiger partial charge in [0.1, 0.15) is 5.78 Å². The fourth-order valence-electron chi connectivity index (χ4n) is 4.02. The van der Waals surface area contributed by atoms with Crippen molar-refractivity contribution in [3.8, 4) is 11.3 Å². The van der Waals surface area contributed by atoms with Gasteiger partial charge < -0.3 is 5.32 Å². The third-order valence-corrected chi connectivity index (χ3v) is 6.39. The number of nitrogens with one attached hydrogen (secondary N) is 1. The van der Waals surface area contributed by atoms with Gasteiger partial charge in [-0.25, -0.2) is 4.98 Å². The number of aromatic nitrogens is 1. The molecule has 0 saturated heterocycles. The van der Waals surface area contributed by atoms with Gasteiger partial charge >= 0.3 is 0 Å². The molecule has 2 bridgehead atoms. The van der Waals surface area contributed by atoms with E-state index in [1.807, 2.05) is 29.6 Å². The first-order valence-electron chi connectivity index (χ1n) is 8.67. The van der Waals surface area contributed by atoms with E-state index < -0.39 is 0 Å². The largest absolute Gasteiger partial charge is 0.302 e. The van der Waals surface area contributed by atoms with Gasteiger partial charge in [-0.15, -0.1) is 11.3 Å². The summed E-state index contributed by atoms with van der Waals surface area (Å²) in [5.74, 6) is 0.451. The van der Waals surface area contributed by atoms with E-state index >= 15 is 0 Å². The minimum absolute atomic E-state index is 0.00976. The highest BCUT2D eigenvalue weighted by molar-refractivity contribution is 7.14. The molecule has 1 amide bonds. The molecule has 25 heavy (non-hydrogen) atoms. The van der Waals surface area contributed by atoms with Crippen molar-refractivity contribution < 1.29 is 9.59 Å². The Balaban J connectivity index is 1.45. The number of anilines is 1. The lowest BCUT2D eigenvalue weighted by atomic mass is 9.67. The number of benzene rings is 1. The molecule has 1 N–H and O–H groups in total. The van der Waals surface area contributed by atoms with Crippen LogP contribution in [0, 0.1) is 17.8 Å². The maximum atomic E-state index is 12.6. The number of hydrogen-bond acceptors (Lipinski definition) is 4. The van der Waals surface area contributed by atoms with E-state index in [2.05, 4.69) is 10.3 Å². The number of carbonyl (C=O) groups is 2. The van der Waals surface area contributed by atoms with E-state index in [4.69, 9.17) is 11.6 Å². The summed E-state index contributed by atoms with van der Waals surface area (Å²) in [6, 6.07) is 7.53. The standard InChI is InChI=1S/C19H19ClN2O2S/c20-15-7-2-1-6-14(15)16-10-25-19(21-16)22-18(24)13-8-11-4-3-5-12(9-13)17(11)23/h1-2,6-7,10-13H,3-5,8-9H2,(H,21,22,24). The maximum Gasteiger partial charge on any atom is 0.229 e. The predicted molar refractivity (Wildman–Crippen MR) is 99.8 cm³/mol. The third-order valence-electron chi connectivity index (χ3n) is 5.30. The summed E-state index contributed by atoms with van der Waals surface area (Å²) >= 11 is 7.61. The second kappa shape index (κ2) is 6.89. The lowest BCUT2D eigenvalue weighted by Crippen LogP contribution is -2.40. The molecule has 0 radical (unpaired) electrons. The molecule has 130 valence electrons. The minimum atomic E-state index is -0.0827. The normalized spacial score (nSPS) is 25.6. The number of rotatable bonds is 3. The highest BCUT2D eigenvalue weighted by Crippen LogP contribution is 2.40. The van der Waals surface area contributed by atoms with Gasteiger partial charge in [-0.1, -0.05) is 36.2 Å². The van der Waals surface area contributed by atoms with Gasteiger partial charge in [0, 0.05) is 33.7 Å². The minimum Gasteiger partial charge on any atom is -0.302 e. The Hall–Kier alpha value is -1.72. The van der Waals surface area contributed by atoms with E-state index in [9.17, 15) is 9.59 Å². The third kappa shape index (κ3) is 3.35. The van der Waals surface area contributed by atoms with Crippen LogP contribution >= 0.6 is 22.9 Å². The summed E-state index contributed by atoms with van der Waals surface area (Å²) in [6.07, 6.45) is 4.36. The fraction of sp³-hybridized carbons (Fsp3) is 0.421. The Kier molecular flexibility index (Phi) is 4.61. The Labute approximate surface area is 155 Å². The topological polar surface area (TPSA) is 59.1 Å². The van der Waals surface area contributed by atoms with Crippen molar-refractivity contribution in [2.45, 2.75) is 32.1 Å². The molecule has 2 aliphatic carbocycles. The Morgan fingerprint density at radius 3 is 2.64 bits per heavy atom. The molecule has 2 saturated carbocycles. The van der Waals surface area contributed by atoms with Crippen LogP contribution < -0.4 is 5.32 Å². The first-order valence-corrected chi connectivity index (χ1v) is 9.92. The van der Waals surface area contributed by atoms with Gasteiger partial charge in [0.25, 0.3) is 0 Å². The van der Waals surface area contributed by atoms with Crippen LogP contribution in [0.25, 0.3) is 11.3 Å². The highest BCUT2D eigenvalue weighted by Gasteiger charge is 2.41. The number of fused-ring (bicyclic) bond motifs is 2.